The molecule has 0 bridgehead atoms. The highest BCUT2D eigenvalue weighted by molar-refractivity contribution is 6.32. The molecule has 0 saturated heterocycles. The molecule has 0 unspecified atom stereocenters. The second kappa shape index (κ2) is 3.75. The molecule has 14 heavy (non-hydrogen) atoms. The van der Waals surface area contributed by atoms with Gasteiger partial charge < -0.3 is 9.84 Å². The molecular weight excluding hydrogens is 207 g/mol. The highest BCUT2D eigenvalue weighted by atomic mass is 35.5. The average Bonchev–Trinajstić information content (AvgIpc) is 2.06. The van der Waals surface area contributed by atoms with Crippen LogP contribution in [0.1, 0.15) is 19.4 Å². The van der Waals surface area contributed by atoms with Crippen molar-refractivity contribution in [1.29, 1.82) is 0 Å². The van der Waals surface area contributed by atoms with Gasteiger partial charge in [-0.25, -0.2) is 4.39 Å². The molecule has 0 aliphatic rings. The van der Waals surface area contributed by atoms with E-state index in [2.05, 4.69) is 0 Å². The summed E-state index contributed by atoms with van der Waals surface area (Å²) >= 11 is 5.80. The Kier molecular flexibility index (Phi) is 3.02. The standard InChI is InChI=1S/C10H12ClFO2/c1-10(2,13)8-7(12)5-4-6(11)9(8)14-3/h4-5,13H,1-3H3. The number of halogens is 2. The monoisotopic (exact) mass is 218 g/mol. The highest BCUT2D eigenvalue weighted by Crippen LogP contribution is 2.37. The van der Waals surface area contributed by atoms with E-state index < -0.39 is 11.4 Å². The molecule has 0 radical (unpaired) electrons. The molecule has 1 N–H and O–H groups in total. The Hall–Kier alpha value is -0.800. The Morgan fingerprint density at radius 1 is 1.43 bits per heavy atom. The molecule has 78 valence electrons. The summed E-state index contributed by atoms with van der Waals surface area (Å²) in [5, 5.41) is 10.0. The fraction of sp³-hybridized carbons (Fsp3) is 0.400. The Morgan fingerprint density at radius 3 is 2.36 bits per heavy atom. The summed E-state index contributed by atoms with van der Waals surface area (Å²) < 4.78 is 18.4. The van der Waals surface area contributed by atoms with Gasteiger partial charge in [-0.05, 0) is 26.0 Å². The van der Waals surface area contributed by atoms with Gasteiger partial charge in [-0.3, -0.25) is 0 Å². The van der Waals surface area contributed by atoms with Crippen molar-refractivity contribution in [1.82, 2.24) is 0 Å². The first kappa shape index (κ1) is 11.3. The van der Waals surface area contributed by atoms with Crippen molar-refractivity contribution in [2.45, 2.75) is 19.4 Å². The molecule has 1 aromatic carbocycles. The maximum absolute atomic E-state index is 13.4. The van der Waals surface area contributed by atoms with Crippen molar-refractivity contribution < 1.29 is 14.2 Å². The van der Waals surface area contributed by atoms with Crippen LogP contribution in [0.4, 0.5) is 4.39 Å². The van der Waals surface area contributed by atoms with Gasteiger partial charge in [-0.1, -0.05) is 11.6 Å². The number of methoxy groups -OCH3 is 1. The molecule has 1 aromatic rings. The van der Waals surface area contributed by atoms with Crippen molar-refractivity contribution in [3.8, 4) is 5.75 Å². The predicted octanol–water partition coefficient (Wildman–Crippen LogP) is 2.72. The van der Waals surface area contributed by atoms with Crippen LogP contribution < -0.4 is 4.74 Å². The van der Waals surface area contributed by atoms with Crippen LogP contribution in [0.2, 0.25) is 5.02 Å². The van der Waals surface area contributed by atoms with Gasteiger partial charge in [0.25, 0.3) is 0 Å². The van der Waals surface area contributed by atoms with Gasteiger partial charge in [0.1, 0.15) is 11.6 Å². The maximum atomic E-state index is 13.4. The first-order valence-corrected chi connectivity index (χ1v) is 4.50. The zero-order valence-corrected chi connectivity index (χ0v) is 9.02. The number of rotatable bonds is 2. The topological polar surface area (TPSA) is 29.5 Å². The molecule has 0 saturated carbocycles. The molecule has 0 aliphatic heterocycles. The number of hydrogen-bond donors (Lipinski definition) is 1. The summed E-state index contributed by atoms with van der Waals surface area (Å²) in [6, 6.07) is 2.60. The van der Waals surface area contributed by atoms with Gasteiger partial charge in [0, 0.05) is 0 Å². The summed E-state index contributed by atoms with van der Waals surface area (Å²) in [4.78, 5) is 0. The van der Waals surface area contributed by atoms with Gasteiger partial charge in [0.15, 0.2) is 0 Å². The van der Waals surface area contributed by atoms with Crippen molar-refractivity contribution in [3.63, 3.8) is 0 Å². The van der Waals surface area contributed by atoms with Crippen LogP contribution in [0.5, 0.6) is 5.75 Å². The molecule has 2 nitrogen and oxygen atoms in total. The third-order valence-electron chi connectivity index (χ3n) is 1.87. The Morgan fingerprint density at radius 2 is 2.00 bits per heavy atom. The van der Waals surface area contributed by atoms with E-state index in [0.29, 0.717) is 0 Å². The number of benzene rings is 1. The minimum absolute atomic E-state index is 0.0764. The van der Waals surface area contributed by atoms with E-state index in [0.717, 1.165) is 0 Å². The average molecular weight is 219 g/mol. The molecule has 0 aliphatic carbocycles. The molecule has 0 fully saturated rings. The predicted molar refractivity (Wildman–Crippen MR) is 53.2 cm³/mol. The van der Waals surface area contributed by atoms with Crippen LogP contribution in [0, 0.1) is 5.82 Å². The maximum Gasteiger partial charge on any atom is 0.146 e. The van der Waals surface area contributed by atoms with Gasteiger partial charge >= 0.3 is 0 Å². The molecule has 4 heteroatoms. The SMILES string of the molecule is COc1c(Cl)ccc(F)c1C(C)(C)O. The van der Waals surface area contributed by atoms with E-state index in [4.69, 9.17) is 16.3 Å². The van der Waals surface area contributed by atoms with Gasteiger partial charge in [-0.2, -0.15) is 0 Å². The van der Waals surface area contributed by atoms with Crippen LogP contribution in [-0.2, 0) is 5.60 Å². The zero-order chi connectivity index (χ0) is 10.9. The van der Waals surface area contributed by atoms with Crippen LogP contribution in [0.15, 0.2) is 12.1 Å². The Balaban J connectivity index is 3.46. The number of aliphatic hydroxyl groups is 1. The van der Waals surface area contributed by atoms with Crippen molar-refractivity contribution in [2.75, 3.05) is 7.11 Å². The van der Waals surface area contributed by atoms with Crippen LogP contribution in [0.3, 0.4) is 0 Å². The molecule has 0 aromatic heterocycles. The van der Waals surface area contributed by atoms with E-state index in [1.807, 2.05) is 0 Å². The normalized spacial score (nSPS) is 11.6. The third kappa shape index (κ3) is 1.99. The fourth-order valence-corrected chi connectivity index (χ4v) is 1.54. The molecule has 0 spiro atoms. The lowest BCUT2D eigenvalue weighted by molar-refractivity contribution is 0.0714. The van der Waals surface area contributed by atoms with Crippen LogP contribution in [0.25, 0.3) is 0 Å². The van der Waals surface area contributed by atoms with Crippen molar-refractivity contribution in [2.24, 2.45) is 0 Å². The molecule has 0 heterocycles. The Bertz CT molecular complexity index is 345. The fourth-order valence-electron chi connectivity index (χ4n) is 1.30. The summed E-state index contributed by atoms with van der Waals surface area (Å²) in [5.74, 6) is -0.349. The smallest absolute Gasteiger partial charge is 0.146 e. The van der Waals surface area contributed by atoms with Crippen LogP contribution in [-0.4, -0.2) is 12.2 Å². The lowest BCUT2D eigenvalue weighted by Crippen LogP contribution is -2.19. The first-order chi connectivity index (χ1) is 6.38. The molecule has 0 atom stereocenters. The summed E-state index contributed by atoms with van der Waals surface area (Å²) in [6.45, 7) is 2.95. The van der Waals surface area contributed by atoms with Crippen molar-refractivity contribution >= 4 is 11.6 Å². The van der Waals surface area contributed by atoms with Gasteiger partial charge in [0.2, 0.25) is 0 Å². The summed E-state index contributed by atoms with van der Waals surface area (Å²) in [7, 11) is 1.38. The van der Waals surface area contributed by atoms with E-state index in [9.17, 15) is 9.50 Å². The van der Waals surface area contributed by atoms with E-state index in [1.165, 1.54) is 33.1 Å². The molecule has 0 amide bonds. The summed E-state index contributed by atoms with van der Waals surface area (Å²) in [5.41, 5.74) is -1.24. The van der Waals surface area contributed by atoms with E-state index in [-0.39, 0.29) is 16.3 Å². The minimum Gasteiger partial charge on any atom is -0.495 e. The lowest BCUT2D eigenvalue weighted by atomic mass is 9.97. The summed E-state index contributed by atoms with van der Waals surface area (Å²) in [6.07, 6.45) is 0. The van der Waals surface area contributed by atoms with E-state index in [1.54, 1.807) is 0 Å². The third-order valence-corrected chi connectivity index (χ3v) is 2.17. The quantitative estimate of drug-likeness (QED) is 0.827. The molecular formula is C10H12ClFO2. The van der Waals surface area contributed by atoms with Gasteiger partial charge in [0.05, 0.1) is 23.3 Å². The first-order valence-electron chi connectivity index (χ1n) is 4.12. The van der Waals surface area contributed by atoms with Gasteiger partial charge in [-0.15, -0.1) is 0 Å². The highest BCUT2D eigenvalue weighted by Gasteiger charge is 2.26. The number of ether oxygens (including phenoxy) is 1. The Labute approximate surface area is 87.3 Å². The number of hydrogen-bond acceptors (Lipinski definition) is 2. The van der Waals surface area contributed by atoms with Crippen LogP contribution >= 0.6 is 11.6 Å². The van der Waals surface area contributed by atoms with Crippen molar-refractivity contribution in [3.05, 3.63) is 28.5 Å². The largest absolute Gasteiger partial charge is 0.495 e. The lowest BCUT2D eigenvalue weighted by Gasteiger charge is -2.22. The molecule has 1 rings (SSSR count). The zero-order valence-electron chi connectivity index (χ0n) is 8.27. The second-order valence-electron chi connectivity index (χ2n) is 3.50. The minimum atomic E-state index is -1.32. The second-order valence-corrected chi connectivity index (χ2v) is 3.90. The van der Waals surface area contributed by atoms with E-state index >= 15 is 0 Å².